The highest BCUT2D eigenvalue weighted by Gasteiger charge is 2.48. The highest BCUT2D eigenvalue weighted by Crippen LogP contribution is 2.34. The van der Waals surface area contributed by atoms with Gasteiger partial charge >= 0.3 is 6.09 Å². The van der Waals surface area contributed by atoms with Gasteiger partial charge in [-0.1, -0.05) is 13.3 Å². The maximum atomic E-state index is 12.6. The number of carbonyl (C=O) groups excluding carboxylic acids is 2. The molecule has 1 atom stereocenters. The Hall–Kier alpha value is -2.05. The zero-order chi connectivity index (χ0) is 19.6. The number of rotatable bonds is 6. The van der Waals surface area contributed by atoms with Gasteiger partial charge in [0.05, 0.1) is 12.2 Å². The van der Waals surface area contributed by atoms with Crippen molar-refractivity contribution in [3.63, 3.8) is 0 Å². The van der Waals surface area contributed by atoms with Gasteiger partial charge in [0, 0.05) is 50.6 Å². The topological polar surface area (TPSA) is 67.7 Å². The molecule has 0 aliphatic carbocycles. The molecule has 3 rings (SSSR count). The van der Waals surface area contributed by atoms with E-state index in [1.54, 1.807) is 0 Å². The summed E-state index contributed by atoms with van der Waals surface area (Å²) < 4.78 is 7.67. The summed E-state index contributed by atoms with van der Waals surface area (Å²) in [7, 11) is 0. The average molecular weight is 377 g/mol. The Morgan fingerprint density at radius 1 is 1.33 bits per heavy atom. The highest BCUT2D eigenvalue weighted by molar-refractivity contribution is 5.76. The number of amides is 2. The number of hydrogen-bond donors (Lipinski definition) is 0. The van der Waals surface area contributed by atoms with Gasteiger partial charge in [0.2, 0.25) is 5.91 Å². The van der Waals surface area contributed by atoms with Crippen LogP contribution >= 0.6 is 0 Å². The molecule has 0 N–H and O–H groups in total. The van der Waals surface area contributed by atoms with Crippen molar-refractivity contribution < 1.29 is 14.3 Å². The fourth-order valence-electron chi connectivity index (χ4n) is 4.25. The summed E-state index contributed by atoms with van der Waals surface area (Å²) in [6.45, 7) is 10.7. The lowest BCUT2D eigenvalue weighted by atomic mass is 9.90. The first-order chi connectivity index (χ1) is 12.8. The van der Waals surface area contributed by atoms with Crippen LogP contribution in [0.25, 0.3) is 0 Å². The molecule has 2 saturated heterocycles. The first-order valence-corrected chi connectivity index (χ1v) is 10.1. The summed E-state index contributed by atoms with van der Waals surface area (Å²) in [5.74, 6) is 0.151. The van der Waals surface area contributed by atoms with Gasteiger partial charge in [-0.2, -0.15) is 5.10 Å². The molecule has 150 valence electrons. The summed E-state index contributed by atoms with van der Waals surface area (Å²) in [4.78, 5) is 28.6. The Kier molecular flexibility index (Phi) is 5.77. The van der Waals surface area contributed by atoms with Gasteiger partial charge in [0.15, 0.2) is 0 Å². The van der Waals surface area contributed by atoms with E-state index in [9.17, 15) is 9.59 Å². The third-order valence-corrected chi connectivity index (χ3v) is 5.90. The van der Waals surface area contributed by atoms with Crippen LogP contribution in [-0.4, -0.2) is 62.9 Å². The first-order valence-electron chi connectivity index (χ1n) is 10.1. The van der Waals surface area contributed by atoms with E-state index >= 15 is 0 Å². The van der Waals surface area contributed by atoms with Gasteiger partial charge in [-0.25, -0.2) is 4.79 Å². The highest BCUT2D eigenvalue weighted by atomic mass is 16.6. The molecule has 3 heterocycles. The van der Waals surface area contributed by atoms with E-state index in [0.29, 0.717) is 32.6 Å². The second-order valence-electron chi connectivity index (χ2n) is 8.10. The maximum Gasteiger partial charge on any atom is 0.410 e. The van der Waals surface area contributed by atoms with Crippen molar-refractivity contribution in [1.29, 1.82) is 0 Å². The lowest BCUT2D eigenvalue weighted by molar-refractivity contribution is -0.134. The van der Waals surface area contributed by atoms with Gasteiger partial charge in [-0.3, -0.25) is 9.48 Å². The molecule has 0 aromatic carbocycles. The lowest BCUT2D eigenvalue weighted by Crippen LogP contribution is -2.49. The predicted molar refractivity (Wildman–Crippen MR) is 102 cm³/mol. The fourth-order valence-corrected chi connectivity index (χ4v) is 4.25. The van der Waals surface area contributed by atoms with Crippen molar-refractivity contribution in [3.05, 3.63) is 17.5 Å². The van der Waals surface area contributed by atoms with Crippen molar-refractivity contribution in [2.24, 2.45) is 0 Å². The fraction of sp³-hybridized carbons (Fsp3) is 0.750. The van der Waals surface area contributed by atoms with Crippen molar-refractivity contribution in [2.45, 2.75) is 78.0 Å². The van der Waals surface area contributed by atoms with Gasteiger partial charge in [0.25, 0.3) is 0 Å². The van der Waals surface area contributed by atoms with E-state index in [1.165, 1.54) is 0 Å². The average Bonchev–Trinajstić information content (AvgIpc) is 3.12. The maximum absolute atomic E-state index is 12.6. The van der Waals surface area contributed by atoms with Crippen LogP contribution in [0.3, 0.4) is 0 Å². The zero-order valence-corrected chi connectivity index (χ0v) is 17.0. The number of aromatic nitrogens is 2. The van der Waals surface area contributed by atoms with Crippen molar-refractivity contribution in [3.8, 4) is 0 Å². The van der Waals surface area contributed by atoms with E-state index in [1.807, 2.05) is 34.4 Å². The molecular formula is C20H32N4O3. The van der Waals surface area contributed by atoms with Crippen LogP contribution in [0.2, 0.25) is 0 Å². The number of likely N-dealkylation sites (tertiary alicyclic amines) is 1. The Balaban J connectivity index is 1.50. The zero-order valence-electron chi connectivity index (χ0n) is 17.0. The van der Waals surface area contributed by atoms with Gasteiger partial charge in [-0.15, -0.1) is 0 Å². The summed E-state index contributed by atoms with van der Waals surface area (Å²) in [5, 5.41) is 4.42. The quantitative estimate of drug-likeness (QED) is 0.766. The van der Waals surface area contributed by atoms with Crippen molar-refractivity contribution in [2.75, 3.05) is 19.6 Å². The Morgan fingerprint density at radius 3 is 2.63 bits per heavy atom. The molecule has 2 fully saturated rings. The summed E-state index contributed by atoms with van der Waals surface area (Å²) in [6.07, 6.45) is 3.74. The van der Waals surface area contributed by atoms with E-state index in [4.69, 9.17) is 4.74 Å². The van der Waals surface area contributed by atoms with Crippen LogP contribution in [0.15, 0.2) is 6.07 Å². The monoisotopic (exact) mass is 376 g/mol. The molecule has 7 heteroatoms. The molecular weight excluding hydrogens is 344 g/mol. The number of nitrogens with zero attached hydrogens (tertiary/aromatic N) is 4. The number of ether oxygens (including phenoxy) is 1. The van der Waals surface area contributed by atoms with E-state index < -0.39 is 5.60 Å². The lowest BCUT2D eigenvalue weighted by Gasteiger charge is -2.37. The minimum absolute atomic E-state index is 0.151. The third-order valence-electron chi connectivity index (χ3n) is 5.90. The number of piperidine rings is 1. The molecule has 2 aliphatic rings. The normalized spacial score (nSPS) is 20.2. The minimum Gasteiger partial charge on any atom is -0.441 e. The van der Waals surface area contributed by atoms with Crippen LogP contribution in [0.4, 0.5) is 4.79 Å². The smallest absolute Gasteiger partial charge is 0.410 e. The van der Waals surface area contributed by atoms with Gasteiger partial charge < -0.3 is 14.5 Å². The molecule has 2 aliphatic heterocycles. The number of aryl methyl sites for hydroxylation is 3. The van der Waals surface area contributed by atoms with E-state index in [0.717, 1.165) is 37.1 Å². The molecule has 1 spiro atoms. The molecule has 0 radical (unpaired) electrons. The minimum atomic E-state index is -0.411. The Labute approximate surface area is 161 Å². The van der Waals surface area contributed by atoms with Gasteiger partial charge in [0.1, 0.15) is 5.60 Å². The predicted octanol–water partition coefficient (Wildman–Crippen LogP) is 2.89. The second-order valence-corrected chi connectivity index (χ2v) is 8.10. The van der Waals surface area contributed by atoms with E-state index in [2.05, 4.69) is 18.9 Å². The molecule has 1 aromatic rings. The van der Waals surface area contributed by atoms with Crippen LogP contribution in [0, 0.1) is 13.8 Å². The van der Waals surface area contributed by atoms with Gasteiger partial charge in [-0.05, 0) is 33.3 Å². The standard InChI is InChI=1S/C20H32N4O3/c1-5-6-16(3)23-14-20(27-19(23)26)8-11-22(12-9-20)18(25)7-10-24-17(4)13-15(2)21-24/h13,16H,5-12,14H2,1-4H3. The molecule has 0 saturated carbocycles. The van der Waals surface area contributed by atoms with Crippen LogP contribution in [0.5, 0.6) is 0 Å². The summed E-state index contributed by atoms with van der Waals surface area (Å²) >= 11 is 0. The van der Waals surface area contributed by atoms with Crippen LogP contribution in [-0.2, 0) is 16.1 Å². The molecule has 1 aromatic heterocycles. The van der Waals surface area contributed by atoms with Crippen molar-refractivity contribution >= 4 is 12.0 Å². The van der Waals surface area contributed by atoms with Crippen molar-refractivity contribution in [1.82, 2.24) is 19.6 Å². The molecule has 1 unspecified atom stereocenters. The van der Waals surface area contributed by atoms with Crippen LogP contribution in [0.1, 0.15) is 57.3 Å². The first kappa shape index (κ1) is 19.7. The molecule has 27 heavy (non-hydrogen) atoms. The Morgan fingerprint density at radius 2 is 2.04 bits per heavy atom. The largest absolute Gasteiger partial charge is 0.441 e. The SMILES string of the molecule is CCCC(C)N1CC2(CCN(C(=O)CCn3nc(C)cc3C)CC2)OC1=O. The Bertz CT molecular complexity index is 691. The summed E-state index contributed by atoms with van der Waals surface area (Å²) in [6, 6.07) is 2.23. The second kappa shape index (κ2) is 7.90. The number of carbonyl (C=O) groups is 2. The molecule has 7 nitrogen and oxygen atoms in total. The summed E-state index contributed by atoms with van der Waals surface area (Å²) in [5.41, 5.74) is 1.65. The molecule has 2 amide bonds. The number of hydrogen-bond acceptors (Lipinski definition) is 4. The molecule has 0 bridgehead atoms. The van der Waals surface area contributed by atoms with E-state index in [-0.39, 0.29) is 18.0 Å². The third kappa shape index (κ3) is 4.28. The van der Waals surface area contributed by atoms with Crippen LogP contribution < -0.4 is 0 Å².